The molecule has 0 saturated carbocycles. The number of hydrogen-bond acceptors (Lipinski definition) is 5. The highest BCUT2D eigenvalue weighted by Gasteiger charge is 2.11. The van der Waals surface area contributed by atoms with Gasteiger partial charge in [-0.3, -0.25) is 4.79 Å². The molecule has 0 spiro atoms. The molecule has 0 aliphatic carbocycles. The zero-order valence-electron chi connectivity index (χ0n) is 15.6. The summed E-state index contributed by atoms with van der Waals surface area (Å²) in [6.45, 7) is 3.15. The minimum absolute atomic E-state index is 0.0153. The first kappa shape index (κ1) is 19.5. The van der Waals surface area contributed by atoms with E-state index in [1.807, 2.05) is 54.7 Å². The highest BCUT2D eigenvalue weighted by Crippen LogP contribution is 2.31. The van der Waals surface area contributed by atoms with Gasteiger partial charge in [-0.05, 0) is 55.3 Å². The standard InChI is InChI=1S/C21H24N2O3S/c1-16(24)23(2)18-6-8-20(9-7-18)27-21-5-3-4-19(14-21)26-22-15-17-10-12-25-13-11-17/h3-9,14-15,17H,10-13H2,1-2H3. The molecule has 0 radical (unpaired) electrons. The van der Waals surface area contributed by atoms with Gasteiger partial charge in [-0.1, -0.05) is 23.0 Å². The van der Waals surface area contributed by atoms with Gasteiger partial charge < -0.3 is 14.5 Å². The molecule has 2 aromatic carbocycles. The molecule has 1 saturated heterocycles. The van der Waals surface area contributed by atoms with Crippen molar-refractivity contribution in [1.82, 2.24) is 0 Å². The zero-order valence-corrected chi connectivity index (χ0v) is 16.4. The van der Waals surface area contributed by atoms with E-state index in [9.17, 15) is 4.79 Å². The van der Waals surface area contributed by atoms with Crippen LogP contribution in [0.3, 0.4) is 0 Å². The monoisotopic (exact) mass is 384 g/mol. The number of rotatable bonds is 6. The van der Waals surface area contributed by atoms with Crippen LogP contribution in [0.1, 0.15) is 19.8 Å². The Kier molecular flexibility index (Phi) is 6.90. The summed E-state index contributed by atoms with van der Waals surface area (Å²) < 4.78 is 5.34. The molecule has 1 amide bonds. The van der Waals surface area contributed by atoms with Crippen molar-refractivity contribution in [2.75, 3.05) is 25.2 Å². The largest absolute Gasteiger partial charge is 0.381 e. The smallest absolute Gasteiger partial charge is 0.223 e. The second-order valence-corrected chi connectivity index (χ2v) is 7.59. The van der Waals surface area contributed by atoms with Crippen LogP contribution in [0.2, 0.25) is 0 Å². The maximum atomic E-state index is 11.4. The van der Waals surface area contributed by atoms with Crippen LogP contribution in [0, 0.1) is 5.92 Å². The van der Waals surface area contributed by atoms with Crippen LogP contribution in [0.5, 0.6) is 5.75 Å². The van der Waals surface area contributed by atoms with Crippen LogP contribution in [0.25, 0.3) is 0 Å². The number of anilines is 1. The van der Waals surface area contributed by atoms with Gasteiger partial charge in [0.15, 0.2) is 5.75 Å². The van der Waals surface area contributed by atoms with Crippen LogP contribution >= 0.6 is 11.8 Å². The van der Waals surface area contributed by atoms with Gasteiger partial charge in [0, 0.05) is 54.8 Å². The summed E-state index contributed by atoms with van der Waals surface area (Å²) in [6.07, 6.45) is 3.88. The Balaban J connectivity index is 1.58. The molecule has 3 rings (SSSR count). The van der Waals surface area contributed by atoms with E-state index in [0.29, 0.717) is 5.92 Å². The average molecular weight is 385 g/mol. The van der Waals surface area contributed by atoms with Gasteiger partial charge in [0.2, 0.25) is 5.91 Å². The number of oxime groups is 1. The minimum atomic E-state index is 0.0153. The van der Waals surface area contributed by atoms with Gasteiger partial charge in [-0.2, -0.15) is 0 Å². The Morgan fingerprint density at radius 3 is 2.63 bits per heavy atom. The zero-order chi connectivity index (χ0) is 19.1. The summed E-state index contributed by atoms with van der Waals surface area (Å²) in [6, 6.07) is 15.8. The Labute approximate surface area is 164 Å². The number of carbonyl (C=O) groups excluding carboxylic acids is 1. The first-order valence-electron chi connectivity index (χ1n) is 9.02. The second kappa shape index (κ2) is 9.58. The highest BCUT2D eigenvalue weighted by atomic mass is 32.2. The topological polar surface area (TPSA) is 51.1 Å². The maximum Gasteiger partial charge on any atom is 0.223 e. The maximum absolute atomic E-state index is 11.4. The molecule has 27 heavy (non-hydrogen) atoms. The lowest BCUT2D eigenvalue weighted by atomic mass is 10.0. The van der Waals surface area contributed by atoms with E-state index < -0.39 is 0 Å². The van der Waals surface area contributed by atoms with E-state index in [2.05, 4.69) is 5.16 Å². The van der Waals surface area contributed by atoms with Crippen LogP contribution in [-0.2, 0) is 9.53 Å². The molecule has 5 nitrogen and oxygen atoms in total. The van der Waals surface area contributed by atoms with E-state index in [4.69, 9.17) is 9.57 Å². The Hall–Kier alpha value is -2.31. The molecular weight excluding hydrogens is 360 g/mol. The second-order valence-electron chi connectivity index (χ2n) is 6.44. The summed E-state index contributed by atoms with van der Waals surface area (Å²) in [5.74, 6) is 1.17. The van der Waals surface area contributed by atoms with E-state index in [1.165, 1.54) is 0 Å². The fourth-order valence-corrected chi connectivity index (χ4v) is 3.56. The van der Waals surface area contributed by atoms with E-state index in [1.54, 1.807) is 30.6 Å². The highest BCUT2D eigenvalue weighted by molar-refractivity contribution is 7.99. The number of benzene rings is 2. The number of carbonyl (C=O) groups is 1. The van der Waals surface area contributed by atoms with Crippen LogP contribution < -0.4 is 9.74 Å². The molecular formula is C21H24N2O3S. The number of nitrogens with zero attached hydrogens (tertiary/aromatic N) is 2. The van der Waals surface area contributed by atoms with Crippen LogP contribution in [0.4, 0.5) is 5.69 Å². The molecule has 142 valence electrons. The normalized spacial score (nSPS) is 15.0. The number of ether oxygens (including phenoxy) is 1. The van der Waals surface area contributed by atoms with Gasteiger partial charge in [0.25, 0.3) is 0 Å². The van der Waals surface area contributed by atoms with Gasteiger partial charge >= 0.3 is 0 Å². The molecule has 0 aromatic heterocycles. The van der Waals surface area contributed by atoms with Gasteiger partial charge in [-0.15, -0.1) is 0 Å². The van der Waals surface area contributed by atoms with Gasteiger partial charge in [0.05, 0.1) is 0 Å². The molecule has 6 heteroatoms. The van der Waals surface area contributed by atoms with Crippen molar-refractivity contribution in [3.63, 3.8) is 0 Å². The van der Waals surface area contributed by atoms with Crippen molar-refractivity contribution in [1.29, 1.82) is 0 Å². The van der Waals surface area contributed by atoms with Crippen molar-refractivity contribution in [2.45, 2.75) is 29.6 Å². The van der Waals surface area contributed by atoms with Gasteiger partial charge in [-0.25, -0.2) is 0 Å². The fraction of sp³-hybridized carbons (Fsp3) is 0.333. The fourth-order valence-electron chi connectivity index (χ4n) is 2.69. The van der Waals surface area contributed by atoms with Crippen LogP contribution in [-0.4, -0.2) is 32.4 Å². The van der Waals surface area contributed by atoms with Gasteiger partial charge in [0.1, 0.15) is 0 Å². The van der Waals surface area contributed by atoms with Crippen molar-refractivity contribution < 1.29 is 14.4 Å². The summed E-state index contributed by atoms with van der Waals surface area (Å²) in [7, 11) is 1.77. The predicted octanol–water partition coefficient (Wildman–Crippen LogP) is 4.61. The SMILES string of the molecule is CC(=O)N(C)c1ccc(Sc2cccc(ON=CC3CCOCC3)c2)cc1. The lowest BCUT2D eigenvalue weighted by Gasteiger charge is -2.17. The van der Waals surface area contributed by atoms with Crippen molar-refractivity contribution in [3.8, 4) is 5.75 Å². The third kappa shape index (κ3) is 5.84. The molecule has 2 aromatic rings. The summed E-state index contributed by atoms with van der Waals surface area (Å²) >= 11 is 1.64. The third-order valence-corrected chi connectivity index (χ3v) is 5.43. The molecule has 1 heterocycles. The molecule has 1 fully saturated rings. The lowest BCUT2D eigenvalue weighted by molar-refractivity contribution is -0.116. The third-order valence-electron chi connectivity index (χ3n) is 4.43. The van der Waals surface area contributed by atoms with Crippen molar-refractivity contribution >= 4 is 29.6 Å². The molecule has 1 aliphatic rings. The molecule has 0 unspecified atom stereocenters. The average Bonchev–Trinajstić information content (AvgIpc) is 2.69. The summed E-state index contributed by atoms with van der Waals surface area (Å²) in [5.41, 5.74) is 0.881. The lowest BCUT2D eigenvalue weighted by Crippen LogP contribution is -2.22. The summed E-state index contributed by atoms with van der Waals surface area (Å²) in [5, 5.41) is 4.13. The van der Waals surface area contributed by atoms with Crippen LogP contribution in [0.15, 0.2) is 63.5 Å². The molecule has 0 N–H and O–H groups in total. The number of amides is 1. The van der Waals surface area contributed by atoms with Crippen molar-refractivity contribution in [3.05, 3.63) is 48.5 Å². The Bertz CT molecular complexity index is 786. The first-order valence-corrected chi connectivity index (χ1v) is 9.84. The number of hydrogen-bond donors (Lipinski definition) is 0. The molecule has 1 aliphatic heterocycles. The Morgan fingerprint density at radius 2 is 1.93 bits per heavy atom. The predicted molar refractivity (Wildman–Crippen MR) is 109 cm³/mol. The van der Waals surface area contributed by atoms with Crippen molar-refractivity contribution in [2.24, 2.45) is 11.1 Å². The summed E-state index contributed by atoms with van der Waals surface area (Å²) in [4.78, 5) is 20.8. The molecule has 0 atom stereocenters. The van der Waals surface area contributed by atoms with E-state index in [0.717, 1.165) is 47.3 Å². The van der Waals surface area contributed by atoms with E-state index >= 15 is 0 Å². The first-order chi connectivity index (χ1) is 13.1. The van der Waals surface area contributed by atoms with E-state index in [-0.39, 0.29) is 5.91 Å². The minimum Gasteiger partial charge on any atom is -0.381 e. The molecule has 0 bridgehead atoms. The quantitative estimate of drug-likeness (QED) is 0.539. The Morgan fingerprint density at radius 1 is 1.19 bits per heavy atom.